The fraction of sp³-hybridized carbons (Fsp3) is 0.760. The second-order valence-corrected chi connectivity index (χ2v) is 10.9. The van der Waals surface area contributed by atoms with Gasteiger partial charge in [0.05, 0.1) is 12.5 Å². The van der Waals surface area contributed by atoms with Crippen LogP contribution in [-0.4, -0.2) is 52.0 Å². The minimum atomic E-state index is -1.72. The van der Waals surface area contributed by atoms with Crippen molar-refractivity contribution in [1.29, 1.82) is 0 Å². The Bertz CT molecular complexity index is 915. The van der Waals surface area contributed by atoms with E-state index in [0.717, 1.165) is 18.4 Å². The molecule has 34 heavy (non-hydrogen) atoms. The van der Waals surface area contributed by atoms with Gasteiger partial charge in [0.15, 0.2) is 12.4 Å². The second-order valence-electron chi connectivity index (χ2n) is 10.9. The van der Waals surface area contributed by atoms with Gasteiger partial charge in [-0.2, -0.15) is 0 Å². The zero-order chi connectivity index (χ0) is 24.2. The summed E-state index contributed by atoms with van der Waals surface area (Å²) < 4.78 is 4.95. The molecule has 0 radical (unpaired) electrons. The quantitative estimate of drug-likeness (QED) is 0.322. The van der Waals surface area contributed by atoms with E-state index in [-0.39, 0.29) is 71.4 Å². The van der Waals surface area contributed by atoms with Crippen molar-refractivity contribution in [2.24, 2.45) is 28.6 Å². The molecule has 0 aromatic carbocycles. The number of carboxylic acid groups (broad SMARTS) is 1. The van der Waals surface area contributed by atoms with Crippen LogP contribution in [0.1, 0.15) is 71.6 Å². The third kappa shape index (κ3) is 4.34. The molecule has 0 saturated heterocycles. The Morgan fingerprint density at radius 1 is 1.15 bits per heavy atom. The number of allylic oxidation sites excluding steroid dienone is 1. The first-order chi connectivity index (χ1) is 15.4. The molecule has 0 aliphatic heterocycles. The third-order valence-electron chi connectivity index (χ3n) is 9.41. The molecule has 4 aliphatic carbocycles. The molecule has 182 valence electrons. The average Bonchev–Trinajstić information content (AvgIpc) is 3.02. The Balaban J connectivity index is 0.00000324. The Morgan fingerprint density at radius 3 is 2.53 bits per heavy atom. The second kappa shape index (κ2) is 9.77. The zero-order valence-electron chi connectivity index (χ0n) is 20.3. The Labute approximate surface area is 221 Å². The molecule has 0 aromatic heterocycles. The van der Waals surface area contributed by atoms with Gasteiger partial charge in [0.25, 0.3) is 0 Å². The molecule has 1 unspecified atom stereocenters. The van der Waals surface area contributed by atoms with E-state index in [0.29, 0.717) is 19.3 Å². The molecule has 8 nitrogen and oxygen atoms in total. The minimum Gasteiger partial charge on any atom is -0.550 e. The number of carbonyl (C=O) groups is 4. The van der Waals surface area contributed by atoms with Gasteiger partial charge < -0.3 is 24.9 Å². The van der Waals surface area contributed by atoms with Crippen LogP contribution in [0, 0.1) is 28.6 Å². The average molecular weight is 485 g/mol. The predicted molar refractivity (Wildman–Crippen MR) is 113 cm³/mol. The van der Waals surface area contributed by atoms with Gasteiger partial charge in [0.1, 0.15) is 5.60 Å². The van der Waals surface area contributed by atoms with Gasteiger partial charge in [-0.3, -0.25) is 14.4 Å². The van der Waals surface area contributed by atoms with Gasteiger partial charge >= 0.3 is 35.5 Å². The molecule has 0 aromatic rings. The molecule has 0 heterocycles. The topological polar surface area (TPSA) is 141 Å². The summed E-state index contributed by atoms with van der Waals surface area (Å²) in [4.78, 5) is 47.3. The molecule has 4 aliphatic rings. The number of hydrogen-bond acceptors (Lipinski definition) is 8. The molecule has 0 spiro atoms. The van der Waals surface area contributed by atoms with E-state index in [1.54, 1.807) is 6.08 Å². The van der Waals surface area contributed by atoms with E-state index in [4.69, 9.17) is 4.74 Å². The summed E-state index contributed by atoms with van der Waals surface area (Å²) in [6.45, 7) is 3.38. The number of rotatable bonds is 6. The Kier molecular flexibility index (Phi) is 7.91. The van der Waals surface area contributed by atoms with Crippen LogP contribution in [0.5, 0.6) is 0 Å². The molecule has 4 rings (SSSR count). The van der Waals surface area contributed by atoms with E-state index >= 15 is 0 Å². The van der Waals surface area contributed by atoms with Crippen molar-refractivity contribution in [3.63, 3.8) is 0 Å². The normalized spacial score (nSPS) is 40.7. The van der Waals surface area contributed by atoms with E-state index in [1.807, 2.05) is 6.92 Å². The molecule has 2 N–H and O–H groups in total. The van der Waals surface area contributed by atoms with Crippen molar-refractivity contribution in [2.45, 2.75) is 83.3 Å². The first-order valence-corrected chi connectivity index (χ1v) is 12.0. The third-order valence-corrected chi connectivity index (χ3v) is 9.41. The van der Waals surface area contributed by atoms with Gasteiger partial charge in [-0.1, -0.05) is 19.4 Å². The summed E-state index contributed by atoms with van der Waals surface area (Å²) in [5.74, 6) is -2.53. The predicted octanol–water partition coefficient (Wildman–Crippen LogP) is -2.13. The summed E-state index contributed by atoms with van der Waals surface area (Å²) in [5, 5.41) is 33.4. The molecular formula is C25H33NaO8. The molecule has 7 atom stereocenters. The zero-order valence-corrected chi connectivity index (χ0v) is 22.3. The Morgan fingerprint density at radius 2 is 1.85 bits per heavy atom. The molecule has 3 fully saturated rings. The number of aliphatic hydroxyl groups is 2. The van der Waals surface area contributed by atoms with Gasteiger partial charge in [-0.15, -0.1) is 0 Å². The Hall–Kier alpha value is -1.06. The largest absolute Gasteiger partial charge is 1.00 e. The molecular weight excluding hydrogens is 451 g/mol. The van der Waals surface area contributed by atoms with Crippen molar-refractivity contribution < 1.29 is 68.8 Å². The van der Waals surface area contributed by atoms with E-state index in [1.165, 1.54) is 0 Å². The number of carbonyl (C=O) groups excluding carboxylic acids is 4. The van der Waals surface area contributed by atoms with E-state index in [2.05, 4.69) is 6.92 Å². The van der Waals surface area contributed by atoms with E-state index in [9.17, 15) is 34.5 Å². The number of esters is 1. The van der Waals surface area contributed by atoms with Crippen molar-refractivity contribution >= 4 is 23.5 Å². The van der Waals surface area contributed by atoms with Crippen LogP contribution in [0.4, 0.5) is 0 Å². The number of ether oxygens (including phenoxy) is 1. The number of carboxylic acids is 1. The maximum atomic E-state index is 13.1. The summed E-state index contributed by atoms with van der Waals surface area (Å²) >= 11 is 0. The minimum absolute atomic E-state index is 0. The van der Waals surface area contributed by atoms with Gasteiger partial charge in [-0.05, 0) is 74.2 Å². The van der Waals surface area contributed by atoms with Crippen molar-refractivity contribution in [3.8, 4) is 0 Å². The number of hydrogen-bond donors (Lipinski definition) is 2. The van der Waals surface area contributed by atoms with Crippen LogP contribution in [0.3, 0.4) is 0 Å². The molecule has 3 saturated carbocycles. The van der Waals surface area contributed by atoms with Gasteiger partial charge in [0, 0.05) is 17.8 Å². The van der Waals surface area contributed by atoms with Crippen LogP contribution >= 0.6 is 0 Å². The first kappa shape index (κ1) is 27.5. The fourth-order valence-corrected chi connectivity index (χ4v) is 7.69. The SMILES string of the molecule is C[C@]12CCC(=O)C=C1CC[C@H]1C3CC[C@](O)(C(=O)COC(=O)CCC(=O)[O-])[C@@]3(C)C[C@H](O)[C@@H]12.[Na+]. The summed E-state index contributed by atoms with van der Waals surface area (Å²) in [7, 11) is 0. The van der Waals surface area contributed by atoms with Gasteiger partial charge in [-0.25, -0.2) is 0 Å². The number of ketones is 2. The van der Waals surface area contributed by atoms with Crippen molar-refractivity contribution in [2.75, 3.05) is 6.61 Å². The first-order valence-electron chi connectivity index (χ1n) is 12.0. The van der Waals surface area contributed by atoms with E-state index < -0.39 is 54.3 Å². The molecule has 9 heteroatoms. The van der Waals surface area contributed by atoms with Crippen molar-refractivity contribution in [1.82, 2.24) is 0 Å². The van der Waals surface area contributed by atoms with Gasteiger partial charge in [0.2, 0.25) is 5.78 Å². The van der Waals surface area contributed by atoms with Crippen LogP contribution in [0.25, 0.3) is 0 Å². The maximum absolute atomic E-state index is 13.1. The van der Waals surface area contributed by atoms with Crippen LogP contribution < -0.4 is 34.7 Å². The standard InChI is InChI=1S/C25H34O8.Na/c1-23-9-7-15(26)11-14(23)3-4-16-17-8-10-25(32,24(17,2)12-18(27)22(16)23)19(28)13-33-21(31)6-5-20(29)30;/h11,16-18,22,27,32H,3-10,12-13H2,1-2H3,(H,29,30);/q;+1/p-1/t16-,17?,18-,22+,23-,24-,25-;/m0./s1. The summed E-state index contributed by atoms with van der Waals surface area (Å²) in [6.07, 6.45) is 4.07. The number of aliphatic hydroxyl groups excluding tert-OH is 1. The smallest absolute Gasteiger partial charge is 0.550 e. The molecule has 0 bridgehead atoms. The van der Waals surface area contributed by atoms with Crippen molar-refractivity contribution in [3.05, 3.63) is 11.6 Å². The fourth-order valence-electron chi connectivity index (χ4n) is 7.69. The number of fused-ring (bicyclic) bond motifs is 5. The maximum Gasteiger partial charge on any atom is 1.00 e. The molecule has 0 amide bonds. The number of Topliss-reactive ketones (excluding diaryl/α,β-unsaturated/α-hetero) is 1. The van der Waals surface area contributed by atoms with Crippen LogP contribution in [0.15, 0.2) is 11.6 Å². The summed E-state index contributed by atoms with van der Waals surface area (Å²) in [6, 6.07) is 0. The monoisotopic (exact) mass is 484 g/mol. The van der Waals surface area contributed by atoms with Crippen LogP contribution in [0.2, 0.25) is 0 Å². The van der Waals surface area contributed by atoms with Crippen LogP contribution in [-0.2, 0) is 23.9 Å². The summed E-state index contributed by atoms with van der Waals surface area (Å²) in [5.41, 5.74) is -1.71. The number of aliphatic carboxylic acids is 1.